The summed E-state index contributed by atoms with van der Waals surface area (Å²) in [4.78, 5) is 22.9. The standard InChI is InChI=1S/C13H18O8S/c1-7(2)12(15)18-6-11(14)19-10-4-8-9(21-22(16)17)5-13(10,3)20-8/h8-10,22H,1,4-6H2,2-3H3. The van der Waals surface area contributed by atoms with Crippen LogP contribution < -0.4 is 0 Å². The summed E-state index contributed by atoms with van der Waals surface area (Å²) in [7, 11) is -2.95. The molecule has 0 spiro atoms. The molecule has 0 saturated carbocycles. The molecule has 0 aliphatic carbocycles. The molecule has 2 fully saturated rings. The Hall–Kier alpha value is -1.45. The molecule has 2 saturated heterocycles. The van der Waals surface area contributed by atoms with Crippen LogP contribution >= 0.6 is 0 Å². The van der Waals surface area contributed by atoms with E-state index in [2.05, 4.69) is 6.58 Å². The second-order valence-corrected chi connectivity index (χ2v) is 6.27. The molecule has 2 heterocycles. The van der Waals surface area contributed by atoms with E-state index in [0.29, 0.717) is 12.8 Å². The molecule has 0 N–H and O–H groups in total. The summed E-state index contributed by atoms with van der Waals surface area (Å²) in [6.45, 7) is 6.10. The van der Waals surface area contributed by atoms with Gasteiger partial charge in [0.05, 0.1) is 6.10 Å². The van der Waals surface area contributed by atoms with Gasteiger partial charge in [-0.15, -0.1) is 0 Å². The Kier molecular flexibility index (Phi) is 4.88. The second kappa shape index (κ2) is 6.35. The van der Waals surface area contributed by atoms with Crippen LogP contribution in [0.4, 0.5) is 0 Å². The summed E-state index contributed by atoms with van der Waals surface area (Å²) in [6, 6.07) is 0. The SMILES string of the molecule is C=C(C)C(=O)OCC(=O)OC1CC2OC1(C)CC2O[SH](=O)=O. The van der Waals surface area contributed by atoms with Gasteiger partial charge in [0, 0.05) is 18.4 Å². The molecule has 0 aromatic carbocycles. The van der Waals surface area contributed by atoms with Gasteiger partial charge >= 0.3 is 11.9 Å². The highest BCUT2D eigenvalue weighted by atomic mass is 32.2. The van der Waals surface area contributed by atoms with Crippen LogP contribution in [0.5, 0.6) is 0 Å². The van der Waals surface area contributed by atoms with Crippen LogP contribution in [0.25, 0.3) is 0 Å². The monoisotopic (exact) mass is 334 g/mol. The second-order valence-electron chi connectivity index (χ2n) is 5.61. The van der Waals surface area contributed by atoms with Crippen molar-refractivity contribution < 1.29 is 36.4 Å². The first-order valence-electron chi connectivity index (χ1n) is 6.72. The Labute approximate surface area is 129 Å². The fraction of sp³-hybridized carbons (Fsp3) is 0.692. The zero-order valence-electron chi connectivity index (χ0n) is 12.3. The minimum absolute atomic E-state index is 0.190. The van der Waals surface area contributed by atoms with Crippen molar-refractivity contribution in [1.82, 2.24) is 0 Å². The molecule has 2 bridgehead atoms. The van der Waals surface area contributed by atoms with Gasteiger partial charge in [0.2, 0.25) is 0 Å². The van der Waals surface area contributed by atoms with Crippen molar-refractivity contribution in [2.24, 2.45) is 0 Å². The highest BCUT2D eigenvalue weighted by molar-refractivity contribution is 7.67. The fourth-order valence-electron chi connectivity index (χ4n) is 2.70. The van der Waals surface area contributed by atoms with Gasteiger partial charge in [0.25, 0.3) is 11.0 Å². The van der Waals surface area contributed by atoms with E-state index in [1.165, 1.54) is 6.92 Å². The maximum atomic E-state index is 11.7. The maximum absolute atomic E-state index is 11.7. The summed E-state index contributed by atoms with van der Waals surface area (Å²) in [5, 5.41) is 0. The average molecular weight is 334 g/mol. The topological polar surface area (TPSA) is 105 Å². The van der Waals surface area contributed by atoms with Gasteiger partial charge in [-0.3, -0.25) is 4.18 Å². The molecule has 0 aromatic rings. The molecule has 4 unspecified atom stereocenters. The Morgan fingerprint density at radius 1 is 1.41 bits per heavy atom. The van der Waals surface area contributed by atoms with Crippen molar-refractivity contribution in [3.63, 3.8) is 0 Å². The minimum atomic E-state index is -2.95. The van der Waals surface area contributed by atoms with Gasteiger partial charge in [-0.25, -0.2) is 18.0 Å². The van der Waals surface area contributed by atoms with E-state index in [4.69, 9.17) is 18.4 Å². The van der Waals surface area contributed by atoms with Crippen molar-refractivity contribution in [2.75, 3.05) is 6.61 Å². The van der Waals surface area contributed by atoms with Crippen LogP contribution in [0, 0.1) is 0 Å². The number of hydrogen-bond acceptors (Lipinski definition) is 8. The maximum Gasteiger partial charge on any atom is 0.344 e. The van der Waals surface area contributed by atoms with Crippen LogP contribution in [0.1, 0.15) is 26.7 Å². The smallest absolute Gasteiger partial charge is 0.344 e. The first-order valence-corrected chi connectivity index (χ1v) is 7.82. The highest BCUT2D eigenvalue weighted by Gasteiger charge is 2.58. The van der Waals surface area contributed by atoms with Crippen LogP contribution in [0.3, 0.4) is 0 Å². The molecule has 0 radical (unpaired) electrons. The molecule has 22 heavy (non-hydrogen) atoms. The van der Waals surface area contributed by atoms with Crippen molar-refractivity contribution in [1.29, 1.82) is 0 Å². The third kappa shape index (κ3) is 3.65. The number of carbonyl (C=O) groups is 2. The lowest BCUT2D eigenvalue weighted by molar-refractivity contribution is -0.166. The minimum Gasteiger partial charge on any atom is -0.457 e. The van der Waals surface area contributed by atoms with Crippen molar-refractivity contribution in [3.05, 3.63) is 12.2 Å². The van der Waals surface area contributed by atoms with Gasteiger partial charge in [-0.05, 0) is 13.8 Å². The Morgan fingerprint density at radius 3 is 2.59 bits per heavy atom. The van der Waals surface area contributed by atoms with E-state index in [9.17, 15) is 18.0 Å². The van der Waals surface area contributed by atoms with Crippen LogP contribution in [0.15, 0.2) is 12.2 Å². The number of esters is 2. The van der Waals surface area contributed by atoms with Gasteiger partial charge in [0.15, 0.2) is 6.61 Å². The number of rotatable bonds is 6. The molecule has 8 nitrogen and oxygen atoms in total. The molecule has 9 heteroatoms. The Bertz CT molecular complexity index is 560. The lowest BCUT2D eigenvalue weighted by Gasteiger charge is -2.30. The Morgan fingerprint density at radius 2 is 2.09 bits per heavy atom. The zero-order chi connectivity index (χ0) is 16.5. The largest absolute Gasteiger partial charge is 0.457 e. The lowest BCUT2D eigenvalue weighted by atomic mass is 9.85. The fourth-order valence-corrected chi connectivity index (χ4v) is 3.13. The quantitative estimate of drug-likeness (QED) is 0.407. The van der Waals surface area contributed by atoms with E-state index < -0.39 is 53.4 Å². The molecule has 0 amide bonds. The van der Waals surface area contributed by atoms with Crippen molar-refractivity contribution in [2.45, 2.75) is 50.6 Å². The lowest BCUT2D eigenvalue weighted by Crippen LogP contribution is -2.43. The molecule has 0 aromatic heterocycles. The highest BCUT2D eigenvalue weighted by Crippen LogP contribution is 2.46. The predicted octanol–water partition coefficient (Wildman–Crippen LogP) is -0.120. The van der Waals surface area contributed by atoms with Crippen LogP contribution in [-0.2, 0) is 39.0 Å². The third-order valence-electron chi connectivity index (χ3n) is 3.73. The van der Waals surface area contributed by atoms with E-state index in [-0.39, 0.29) is 5.57 Å². The van der Waals surface area contributed by atoms with E-state index in [1.54, 1.807) is 6.92 Å². The van der Waals surface area contributed by atoms with E-state index in [0.717, 1.165) is 0 Å². The van der Waals surface area contributed by atoms with Gasteiger partial charge in [-0.1, -0.05) is 6.58 Å². The summed E-state index contributed by atoms with van der Waals surface area (Å²) in [5.41, 5.74) is -0.607. The van der Waals surface area contributed by atoms with Crippen molar-refractivity contribution in [3.8, 4) is 0 Å². The number of fused-ring (bicyclic) bond motifs is 2. The summed E-state index contributed by atoms with van der Waals surface area (Å²) in [5.74, 6) is -1.36. The molecular weight excluding hydrogens is 316 g/mol. The number of hydrogen-bond donors (Lipinski definition) is 1. The van der Waals surface area contributed by atoms with E-state index in [1.807, 2.05) is 0 Å². The first kappa shape index (κ1) is 16.9. The van der Waals surface area contributed by atoms with Crippen molar-refractivity contribution >= 4 is 22.9 Å². The van der Waals surface area contributed by atoms with Gasteiger partial charge in [0.1, 0.15) is 17.8 Å². The third-order valence-corrected chi connectivity index (χ3v) is 4.18. The number of thiol groups is 1. The zero-order valence-corrected chi connectivity index (χ0v) is 13.2. The summed E-state index contributed by atoms with van der Waals surface area (Å²) in [6.07, 6.45) is -0.872. The number of ether oxygens (including phenoxy) is 3. The molecular formula is C13H18O8S. The van der Waals surface area contributed by atoms with Gasteiger partial charge in [-0.2, -0.15) is 0 Å². The molecule has 124 valence electrons. The Balaban J connectivity index is 1.85. The van der Waals surface area contributed by atoms with Crippen LogP contribution in [-0.4, -0.2) is 50.9 Å². The molecule has 2 rings (SSSR count). The normalized spacial score (nSPS) is 33.0. The average Bonchev–Trinajstić information content (AvgIpc) is 2.87. The summed E-state index contributed by atoms with van der Waals surface area (Å²) < 4.78 is 41.6. The van der Waals surface area contributed by atoms with Gasteiger partial charge < -0.3 is 14.2 Å². The molecule has 4 atom stereocenters. The van der Waals surface area contributed by atoms with E-state index >= 15 is 0 Å². The molecule has 2 aliphatic rings. The number of carbonyl (C=O) groups excluding carboxylic acids is 2. The summed E-state index contributed by atoms with van der Waals surface area (Å²) >= 11 is 0. The van der Waals surface area contributed by atoms with Crippen LogP contribution in [0.2, 0.25) is 0 Å². The predicted molar refractivity (Wildman–Crippen MR) is 73.4 cm³/mol. The molecule has 2 aliphatic heterocycles. The first-order chi connectivity index (χ1) is 10.2.